The summed E-state index contributed by atoms with van der Waals surface area (Å²) in [5.74, 6) is 0.175. The summed E-state index contributed by atoms with van der Waals surface area (Å²) in [6.07, 6.45) is 6.66. The molecule has 1 atom stereocenters. The molecule has 0 amide bonds. The van der Waals surface area contributed by atoms with Crippen LogP contribution in [0.3, 0.4) is 0 Å². The number of aromatic nitrogens is 2. The maximum Gasteiger partial charge on any atom is 0.223 e. The lowest BCUT2D eigenvalue weighted by molar-refractivity contribution is 0.410. The van der Waals surface area contributed by atoms with E-state index in [1.165, 1.54) is 0 Å². The summed E-state index contributed by atoms with van der Waals surface area (Å²) in [7, 11) is -1.70. The number of aryl methyl sites for hydroxylation is 1. The van der Waals surface area contributed by atoms with Crippen molar-refractivity contribution in [2.45, 2.75) is 62.9 Å². The summed E-state index contributed by atoms with van der Waals surface area (Å²) >= 11 is 6.16. The van der Waals surface area contributed by atoms with Gasteiger partial charge in [0.25, 0.3) is 0 Å². The maximum absolute atomic E-state index is 15.4. The van der Waals surface area contributed by atoms with Crippen molar-refractivity contribution in [2.75, 3.05) is 10.0 Å². The molecule has 1 heterocycles. The van der Waals surface area contributed by atoms with Crippen LogP contribution in [0.1, 0.15) is 43.7 Å². The number of nitrogens with two attached hydrogens (primary N) is 1. The van der Waals surface area contributed by atoms with Crippen molar-refractivity contribution in [2.24, 2.45) is 5.73 Å². The van der Waals surface area contributed by atoms with Crippen molar-refractivity contribution >= 4 is 45.1 Å². The fourth-order valence-corrected chi connectivity index (χ4v) is 6.25. The van der Waals surface area contributed by atoms with Crippen molar-refractivity contribution in [3.63, 3.8) is 0 Å². The SMILES string of the molecule is CCc1cc(-c2ccc(NS(=O)c3ccccc3Cl)c(F)c2C)cc2cnc(NC3CCC(N)CC3)nc12. The summed E-state index contributed by atoms with van der Waals surface area (Å²) in [6.45, 7) is 3.81. The molecule has 1 unspecified atom stereocenters. The van der Waals surface area contributed by atoms with E-state index >= 15 is 4.39 Å². The fraction of sp³-hybridized carbons (Fsp3) is 0.310. The Morgan fingerprint density at radius 2 is 1.89 bits per heavy atom. The molecule has 5 rings (SSSR count). The zero-order valence-electron chi connectivity index (χ0n) is 21.4. The van der Waals surface area contributed by atoms with Gasteiger partial charge in [-0.25, -0.2) is 18.6 Å². The number of hydrogen-bond acceptors (Lipinski definition) is 5. The second-order valence-corrected chi connectivity index (χ2v) is 11.4. The highest BCUT2D eigenvalue weighted by Gasteiger charge is 2.20. The molecular weight excluding hydrogens is 521 g/mol. The van der Waals surface area contributed by atoms with Gasteiger partial charge in [-0.05, 0) is 91.6 Å². The number of nitrogens with zero attached hydrogens (tertiary/aromatic N) is 2. The third-order valence-electron chi connectivity index (χ3n) is 7.18. The zero-order chi connectivity index (χ0) is 26.8. The molecule has 0 aliphatic heterocycles. The first-order valence-electron chi connectivity index (χ1n) is 12.9. The van der Waals surface area contributed by atoms with Crippen LogP contribution in [0.5, 0.6) is 0 Å². The molecule has 38 heavy (non-hydrogen) atoms. The minimum absolute atomic E-state index is 0.156. The predicted octanol–water partition coefficient (Wildman–Crippen LogP) is 6.78. The summed E-state index contributed by atoms with van der Waals surface area (Å²) in [5, 5.41) is 4.74. The Hall–Kier alpha value is -3.07. The second kappa shape index (κ2) is 11.4. The Morgan fingerprint density at radius 1 is 1.13 bits per heavy atom. The average Bonchev–Trinajstić information content (AvgIpc) is 2.92. The van der Waals surface area contributed by atoms with Crippen LogP contribution in [0.25, 0.3) is 22.0 Å². The third-order valence-corrected chi connectivity index (χ3v) is 8.79. The third kappa shape index (κ3) is 5.53. The number of fused-ring (bicyclic) bond motifs is 1. The lowest BCUT2D eigenvalue weighted by atomic mass is 9.92. The largest absolute Gasteiger partial charge is 0.351 e. The quantitative estimate of drug-likeness (QED) is 0.235. The average molecular weight is 552 g/mol. The van der Waals surface area contributed by atoms with Crippen LogP contribution in [-0.4, -0.2) is 26.3 Å². The Labute approximate surface area is 229 Å². The van der Waals surface area contributed by atoms with Gasteiger partial charge in [-0.15, -0.1) is 0 Å². The van der Waals surface area contributed by atoms with Crippen LogP contribution >= 0.6 is 11.6 Å². The van der Waals surface area contributed by atoms with Crippen LogP contribution in [-0.2, 0) is 17.4 Å². The lowest BCUT2D eigenvalue weighted by Gasteiger charge is -2.26. The van der Waals surface area contributed by atoms with Gasteiger partial charge in [-0.1, -0.05) is 36.7 Å². The molecule has 3 aromatic carbocycles. The number of anilines is 2. The highest BCUT2D eigenvalue weighted by Crippen LogP contribution is 2.34. The number of hydrogen-bond donors (Lipinski definition) is 3. The van der Waals surface area contributed by atoms with Crippen molar-refractivity contribution in [1.82, 2.24) is 9.97 Å². The minimum Gasteiger partial charge on any atom is -0.351 e. The molecule has 0 spiro atoms. The summed E-state index contributed by atoms with van der Waals surface area (Å²) in [6, 6.07) is 14.9. The van der Waals surface area contributed by atoms with E-state index in [2.05, 4.69) is 28.0 Å². The molecule has 4 aromatic rings. The molecular formula is C29H31ClFN5OS. The summed E-state index contributed by atoms with van der Waals surface area (Å²) in [5.41, 5.74) is 10.3. The monoisotopic (exact) mass is 551 g/mol. The molecule has 1 aliphatic rings. The Bertz CT molecular complexity index is 1510. The van der Waals surface area contributed by atoms with Gasteiger partial charge in [-0.3, -0.25) is 4.72 Å². The standard InChI is InChI=1S/C29H31ClFN5OS/c1-3-18-14-19(15-20-16-33-29(35-28(18)20)34-22-10-8-21(32)9-11-22)23-12-13-25(27(31)17(23)2)36-38(37)26-7-5-4-6-24(26)30/h4-7,12-16,21-22,36H,3,8-11,32H2,1-2H3,(H,33,34,35). The van der Waals surface area contributed by atoms with E-state index in [4.69, 9.17) is 22.3 Å². The Morgan fingerprint density at radius 3 is 2.63 bits per heavy atom. The van der Waals surface area contributed by atoms with Gasteiger partial charge < -0.3 is 11.1 Å². The highest BCUT2D eigenvalue weighted by atomic mass is 35.5. The van der Waals surface area contributed by atoms with Gasteiger partial charge in [0.15, 0.2) is 16.8 Å². The first-order chi connectivity index (χ1) is 18.3. The topological polar surface area (TPSA) is 92.9 Å². The lowest BCUT2D eigenvalue weighted by Crippen LogP contribution is -2.33. The van der Waals surface area contributed by atoms with E-state index in [9.17, 15) is 4.21 Å². The van der Waals surface area contributed by atoms with Crippen LogP contribution in [0.4, 0.5) is 16.0 Å². The van der Waals surface area contributed by atoms with Gasteiger partial charge in [0.05, 0.1) is 21.1 Å². The summed E-state index contributed by atoms with van der Waals surface area (Å²) in [4.78, 5) is 9.81. The summed E-state index contributed by atoms with van der Waals surface area (Å²) < 4.78 is 31.0. The molecule has 1 saturated carbocycles. The van der Waals surface area contributed by atoms with Gasteiger partial charge in [0, 0.05) is 23.7 Å². The molecule has 4 N–H and O–H groups in total. The predicted molar refractivity (Wildman–Crippen MR) is 154 cm³/mol. The van der Waals surface area contributed by atoms with Crippen molar-refractivity contribution in [3.05, 3.63) is 76.7 Å². The van der Waals surface area contributed by atoms with Crippen molar-refractivity contribution in [1.29, 1.82) is 0 Å². The van der Waals surface area contributed by atoms with E-state index < -0.39 is 16.8 Å². The highest BCUT2D eigenvalue weighted by molar-refractivity contribution is 7.86. The smallest absolute Gasteiger partial charge is 0.223 e. The molecule has 0 saturated heterocycles. The first-order valence-corrected chi connectivity index (χ1v) is 14.4. The van der Waals surface area contributed by atoms with Crippen LogP contribution in [0, 0.1) is 12.7 Å². The number of benzene rings is 3. The normalized spacial score (nSPS) is 18.3. The molecule has 1 aliphatic carbocycles. The second-order valence-electron chi connectivity index (χ2n) is 9.78. The fourth-order valence-electron chi connectivity index (χ4n) is 4.99. The molecule has 9 heteroatoms. The van der Waals surface area contributed by atoms with Crippen LogP contribution < -0.4 is 15.8 Å². The molecule has 198 valence electrons. The molecule has 1 fully saturated rings. The first kappa shape index (κ1) is 26.5. The van der Waals surface area contributed by atoms with Gasteiger partial charge in [0.2, 0.25) is 5.95 Å². The van der Waals surface area contributed by atoms with E-state index in [-0.39, 0.29) is 5.69 Å². The number of nitrogens with one attached hydrogen (secondary N) is 2. The molecule has 0 radical (unpaired) electrons. The number of halogens is 2. The molecule has 0 bridgehead atoms. The van der Waals surface area contributed by atoms with Gasteiger partial charge >= 0.3 is 0 Å². The van der Waals surface area contributed by atoms with E-state index in [0.717, 1.165) is 59.7 Å². The number of rotatable bonds is 7. The van der Waals surface area contributed by atoms with Crippen LogP contribution in [0.15, 0.2) is 59.6 Å². The Balaban J connectivity index is 1.42. The van der Waals surface area contributed by atoms with E-state index in [1.807, 2.05) is 18.3 Å². The maximum atomic E-state index is 15.4. The van der Waals surface area contributed by atoms with E-state index in [0.29, 0.717) is 33.5 Å². The van der Waals surface area contributed by atoms with Crippen molar-refractivity contribution in [3.8, 4) is 11.1 Å². The van der Waals surface area contributed by atoms with Gasteiger partial charge in [0.1, 0.15) is 0 Å². The zero-order valence-corrected chi connectivity index (χ0v) is 23.0. The molecule has 1 aromatic heterocycles. The van der Waals surface area contributed by atoms with Gasteiger partial charge in [-0.2, -0.15) is 0 Å². The minimum atomic E-state index is -1.70. The van der Waals surface area contributed by atoms with E-state index in [1.54, 1.807) is 37.3 Å². The van der Waals surface area contributed by atoms with Crippen molar-refractivity contribution < 1.29 is 8.60 Å². The van der Waals surface area contributed by atoms with Crippen LogP contribution in [0.2, 0.25) is 5.02 Å². The Kier molecular flexibility index (Phi) is 7.93. The molecule has 6 nitrogen and oxygen atoms in total.